The first-order chi connectivity index (χ1) is 6.18. The standard InChI is InChI=1S/C11H13NO/c1-7-3-2-4-8(5-7)9-6-10(9)11(12)13/h2-5,9-10H,6H2,1H3,(H2,12,13)/t9-,10?/m1/s1. The van der Waals surface area contributed by atoms with Crippen molar-refractivity contribution >= 4 is 5.91 Å². The van der Waals surface area contributed by atoms with E-state index >= 15 is 0 Å². The van der Waals surface area contributed by atoms with Crippen molar-refractivity contribution in [2.75, 3.05) is 0 Å². The maximum atomic E-state index is 10.9. The van der Waals surface area contributed by atoms with Crippen LogP contribution >= 0.6 is 0 Å². The highest BCUT2D eigenvalue weighted by atomic mass is 16.1. The van der Waals surface area contributed by atoms with Crippen LogP contribution in [-0.4, -0.2) is 5.91 Å². The maximum Gasteiger partial charge on any atom is 0.221 e. The van der Waals surface area contributed by atoms with Gasteiger partial charge in [0.05, 0.1) is 0 Å². The van der Waals surface area contributed by atoms with Gasteiger partial charge < -0.3 is 5.73 Å². The van der Waals surface area contributed by atoms with Crippen molar-refractivity contribution in [3.05, 3.63) is 35.4 Å². The van der Waals surface area contributed by atoms with Crippen molar-refractivity contribution in [1.82, 2.24) is 0 Å². The average molecular weight is 175 g/mol. The van der Waals surface area contributed by atoms with E-state index in [1.165, 1.54) is 11.1 Å². The van der Waals surface area contributed by atoms with Crippen molar-refractivity contribution < 1.29 is 4.79 Å². The number of rotatable bonds is 2. The zero-order valence-corrected chi connectivity index (χ0v) is 7.66. The molecule has 0 radical (unpaired) electrons. The summed E-state index contributed by atoms with van der Waals surface area (Å²) in [6.45, 7) is 2.06. The second-order valence-corrected chi connectivity index (χ2v) is 3.77. The number of benzene rings is 1. The SMILES string of the molecule is Cc1cccc([C@H]2CC2C(N)=O)c1. The third kappa shape index (κ3) is 1.57. The lowest BCUT2D eigenvalue weighted by Gasteiger charge is -1.99. The third-order valence-electron chi connectivity index (χ3n) is 2.63. The van der Waals surface area contributed by atoms with Crippen LogP contribution in [0.1, 0.15) is 23.5 Å². The Hall–Kier alpha value is -1.31. The highest BCUT2D eigenvalue weighted by Gasteiger charge is 2.42. The van der Waals surface area contributed by atoms with E-state index in [-0.39, 0.29) is 11.8 Å². The molecule has 1 aliphatic carbocycles. The van der Waals surface area contributed by atoms with E-state index in [4.69, 9.17) is 5.73 Å². The molecule has 68 valence electrons. The smallest absolute Gasteiger partial charge is 0.221 e. The fraction of sp³-hybridized carbons (Fsp3) is 0.364. The quantitative estimate of drug-likeness (QED) is 0.728. The molecule has 13 heavy (non-hydrogen) atoms. The van der Waals surface area contributed by atoms with Gasteiger partial charge >= 0.3 is 0 Å². The minimum absolute atomic E-state index is 0.0850. The molecule has 2 heteroatoms. The summed E-state index contributed by atoms with van der Waals surface area (Å²) in [6, 6.07) is 8.29. The second-order valence-electron chi connectivity index (χ2n) is 3.77. The van der Waals surface area contributed by atoms with Crippen LogP contribution in [0.5, 0.6) is 0 Å². The van der Waals surface area contributed by atoms with Crippen LogP contribution in [0.25, 0.3) is 0 Å². The Balaban J connectivity index is 2.16. The summed E-state index contributed by atoms with van der Waals surface area (Å²) >= 11 is 0. The molecular weight excluding hydrogens is 162 g/mol. The predicted octanol–water partition coefficient (Wildman–Crippen LogP) is 1.58. The number of primary amides is 1. The lowest BCUT2D eigenvalue weighted by molar-refractivity contribution is -0.119. The Morgan fingerprint density at radius 3 is 2.85 bits per heavy atom. The number of nitrogens with two attached hydrogens (primary N) is 1. The van der Waals surface area contributed by atoms with Gasteiger partial charge in [-0.05, 0) is 24.8 Å². The molecule has 0 bridgehead atoms. The summed E-state index contributed by atoms with van der Waals surface area (Å²) in [5, 5.41) is 0. The summed E-state index contributed by atoms with van der Waals surface area (Å²) in [4.78, 5) is 10.9. The molecule has 1 amide bonds. The van der Waals surface area contributed by atoms with Crippen molar-refractivity contribution in [3.8, 4) is 0 Å². The Morgan fingerprint density at radius 1 is 1.54 bits per heavy atom. The minimum atomic E-state index is -0.161. The molecule has 0 saturated heterocycles. The van der Waals surface area contributed by atoms with Crippen LogP contribution in [-0.2, 0) is 4.79 Å². The molecule has 1 fully saturated rings. The van der Waals surface area contributed by atoms with Gasteiger partial charge in [0, 0.05) is 5.92 Å². The largest absolute Gasteiger partial charge is 0.369 e. The van der Waals surface area contributed by atoms with E-state index in [1.807, 2.05) is 6.07 Å². The van der Waals surface area contributed by atoms with E-state index in [0.29, 0.717) is 5.92 Å². The molecule has 1 unspecified atom stereocenters. The van der Waals surface area contributed by atoms with Gasteiger partial charge in [-0.15, -0.1) is 0 Å². The van der Waals surface area contributed by atoms with Gasteiger partial charge in [0.25, 0.3) is 0 Å². The summed E-state index contributed by atoms with van der Waals surface area (Å²) < 4.78 is 0. The lowest BCUT2D eigenvalue weighted by Crippen LogP contribution is -2.13. The first kappa shape index (κ1) is 8.30. The summed E-state index contributed by atoms with van der Waals surface area (Å²) in [5.74, 6) is 0.311. The molecular formula is C11H13NO. The molecule has 2 atom stereocenters. The second kappa shape index (κ2) is 2.87. The molecule has 0 aromatic heterocycles. The molecule has 0 heterocycles. The Kier molecular flexibility index (Phi) is 1.83. The van der Waals surface area contributed by atoms with Gasteiger partial charge in [0.1, 0.15) is 0 Å². The zero-order chi connectivity index (χ0) is 9.42. The summed E-state index contributed by atoms with van der Waals surface area (Å²) in [6.07, 6.45) is 0.929. The van der Waals surface area contributed by atoms with E-state index < -0.39 is 0 Å². The van der Waals surface area contributed by atoms with E-state index in [0.717, 1.165) is 6.42 Å². The van der Waals surface area contributed by atoms with E-state index in [2.05, 4.69) is 25.1 Å². The van der Waals surface area contributed by atoms with E-state index in [1.54, 1.807) is 0 Å². The molecule has 2 nitrogen and oxygen atoms in total. The predicted molar refractivity (Wildman–Crippen MR) is 51.2 cm³/mol. The van der Waals surface area contributed by atoms with Gasteiger partial charge in [-0.2, -0.15) is 0 Å². The van der Waals surface area contributed by atoms with Crippen molar-refractivity contribution in [2.24, 2.45) is 11.7 Å². The molecule has 0 aliphatic heterocycles. The highest BCUT2D eigenvalue weighted by molar-refractivity contribution is 5.81. The molecule has 2 N–H and O–H groups in total. The molecule has 1 aromatic carbocycles. The number of hydrogen-bond donors (Lipinski definition) is 1. The molecule has 1 aromatic rings. The van der Waals surface area contributed by atoms with E-state index in [9.17, 15) is 4.79 Å². The van der Waals surface area contributed by atoms with Crippen molar-refractivity contribution in [1.29, 1.82) is 0 Å². The molecule has 0 spiro atoms. The van der Waals surface area contributed by atoms with Gasteiger partial charge in [-0.3, -0.25) is 4.79 Å². The normalized spacial score (nSPS) is 25.6. The van der Waals surface area contributed by atoms with Crippen molar-refractivity contribution in [2.45, 2.75) is 19.3 Å². The number of amides is 1. The summed E-state index contributed by atoms with van der Waals surface area (Å²) in [5.41, 5.74) is 7.72. The van der Waals surface area contributed by atoms with Gasteiger partial charge in [-0.1, -0.05) is 29.8 Å². The average Bonchev–Trinajstić information content (AvgIpc) is 2.82. The van der Waals surface area contributed by atoms with Crippen LogP contribution in [0.4, 0.5) is 0 Å². The van der Waals surface area contributed by atoms with Crippen LogP contribution in [0, 0.1) is 12.8 Å². The van der Waals surface area contributed by atoms with Crippen LogP contribution < -0.4 is 5.73 Å². The van der Waals surface area contributed by atoms with Crippen LogP contribution in [0.3, 0.4) is 0 Å². The first-order valence-corrected chi connectivity index (χ1v) is 4.54. The fourth-order valence-electron chi connectivity index (χ4n) is 1.78. The molecule has 1 aliphatic rings. The lowest BCUT2D eigenvalue weighted by atomic mass is 10.1. The monoisotopic (exact) mass is 175 g/mol. The third-order valence-corrected chi connectivity index (χ3v) is 2.63. The number of hydrogen-bond acceptors (Lipinski definition) is 1. The fourth-order valence-corrected chi connectivity index (χ4v) is 1.78. The number of carbonyl (C=O) groups excluding carboxylic acids is 1. The highest BCUT2D eigenvalue weighted by Crippen LogP contribution is 2.47. The van der Waals surface area contributed by atoms with Crippen LogP contribution in [0.15, 0.2) is 24.3 Å². The van der Waals surface area contributed by atoms with Gasteiger partial charge in [0.2, 0.25) is 5.91 Å². The Morgan fingerprint density at radius 2 is 2.31 bits per heavy atom. The van der Waals surface area contributed by atoms with Crippen LogP contribution in [0.2, 0.25) is 0 Å². The first-order valence-electron chi connectivity index (χ1n) is 4.54. The van der Waals surface area contributed by atoms with Gasteiger partial charge in [0.15, 0.2) is 0 Å². The molecule has 1 saturated carbocycles. The Labute approximate surface area is 77.8 Å². The Bertz CT molecular complexity index is 346. The van der Waals surface area contributed by atoms with Gasteiger partial charge in [-0.25, -0.2) is 0 Å². The topological polar surface area (TPSA) is 43.1 Å². The minimum Gasteiger partial charge on any atom is -0.369 e. The molecule has 2 rings (SSSR count). The number of aryl methyl sites for hydroxylation is 1. The number of carbonyl (C=O) groups is 1. The zero-order valence-electron chi connectivity index (χ0n) is 7.66. The maximum absolute atomic E-state index is 10.9. The summed E-state index contributed by atoms with van der Waals surface area (Å²) in [7, 11) is 0. The van der Waals surface area contributed by atoms with Crippen molar-refractivity contribution in [3.63, 3.8) is 0 Å².